The van der Waals surface area contributed by atoms with Crippen molar-refractivity contribution in [3.8, 4) is 0 Å². The molecule has 0 saturated heterocycles. The summed E-state index contributed by atoms with van der Waals surface area (Å²) in [6, 6.07) is 10.1. The highest BCUT2D eigenvalue weighted by atomic mass is 35.5. The van der Waals surface area contributed by atoms with Gasteiger partial charge in [0.05, 0.1) is 0 Å². The monoisotopic (exact) mass is 262 g/mol. The van der Waals surface area contributed by atoms with Crippen molar-refractivity contribution in [2.75, 3.05) is 5.32 Å². The van der Waals surface area contributed by atoms with E-state index in [2.05, 4.69) is 36.7 Å². The topological polar surface area (TPSA) is 17.0 Å². The number of halogens is 1. The van der Waals surface area contributed by atoms with Crippen LogP contribution in [-0.2, 0) is 13.1 Å². The maximum Gasteiger partial charge on any atom is 0.0426 e. The van der Waals surface area contributed by atoms with Crippen LogP contribution in [0.25, 0.3) is 0 Å². The molecule has 96 valence electrons. The summed E-state index contributed by atoms with van der Waals surface area (Å²) < 4.78 is 2.33. The summed E-state index contributed by atoms with van der Waals surface area (Å²) in [6.45, 7) is 8.36. The zero-order valence-electron chi connectivity index (χ0n) is 11.1. The van der Waals surface area contributed by atoms with Crippen molar-refractivity contribution in [2.24, 2.45) is 0 Å². The molecule has 2 aromatic rings. The molecule has 18 heavy (non-hydrogen) atoms. The number of benzene rings is 1. The molecule has 1 N–H and O–H groups in total. The molecule has 0 aliphatic carbocycles. The third kappa shape index (κ3) is 2.70. The standard InChI is InChI=1S/C15H19ClN2/c1-4-18-11(2)8-13(12(18)3)10-17-15-7-5-6-14(16)9-15/h5-9,17H,4,10H2,1-3H3. The minimum atomic E-state index is 0.763. The van der Waals surface area contributed by atoms with E-state index in [-0.39, 0.29) is 0 Å². The van der Waals surface area contributed by atoms with E-state index in [4.69, 9.17) is 11.6 Å². The fraction of sp³-hybridized carbons (Fsp3) is 0.333. The molecule has 1 heterocycles. The normalized spacial score (nSPS) is 10.7. The van der Waals surface area contributed by atoms with E-state index >= 15 is 0 Å². The van der Waals surface area contributed by atoms with E-state index < -0.39 is 0 Å². The maximum atomic E-state index is 5.97. The number of aromatic nitrogens is 1. The third-order valence-electron chi connectivity index (χ3n) is 3.30. The largest absolute Gasteiger partial charge is 0.381 e. The van der Waals surface area contributed by atoms with Crippen LogP contribution < -0.4 is 5.32 Å². The number of aryl methyl sites for hydroxylation is 1. The predicted octanol–water partition coefficient (Wildman–Crippen LogP) is 4.39. The minimum Gasteiger partial charge on any atom is -0.381 e. The fourth-order valence-electron chi connectivity index (χ4n) is 2.33. The van der Waals surface area contributed by atoms with E-state index in [0.717, 1.165) is 23.8 Å². The second kappa shape index (κ2) is 5.49. The summed E-state index contributed by atoms with van der Waals surface area (Å²) in [5, 5.41) is 4.17. The van der Waals surface area contributed by atoms with Crippen molar-refractivity contribution in [1.82, 2.24) is 4.57 Å². The Morgan fingerprint density at radius 1 is 1.22 bits per heavy atom. The minimum absolute atomic E-state index is 0.763. The van der Waals surface area contributed by atoms with Gasteiger partial charge < -0.3 is 9.88 Å². The Labute approximate surface area is 114 Å². The summed E-state index contributed by atoms with van der Waals surface area (Å²) in [5.74, 6) is 0. The van der Waals surface area contributed by atoms with Crippen molar-refractivity contribution in [2.45, 2.75) is 33.9 Å². The molecule has 0 unspecified atom stereocenters. The van der Waals surface area contributed by atoms with Crippen LogP contribution >= 0.6 is 11.6 Å². The van der Waals surface area contributed by atoms with Crippen LogP contribution in [0.5, 0.6) is 0 Å². The molecule has 0 atom stereocenters. The summed E-state index contributed by atoms with van der Waals surface area (Å²) >= 11 is 5.97. The first-order valence-corrected chi connectivity index (χ1v) is 6.64. The van der Waals surface area contributed by atoms with Gasteiger partial charge in [-0.1, -0.05) is 17.7 Å². The van der Waals surface area contributed by atoms with Gasteiger partial charge in [-0.05, 0) is 50.6 Å². The van der Waals surface area contributed by atoms with Gasteiger partial charge in [-0.15, -0.1) is 0 Å². The maximum absolute atomic E-state index is 5.97. The summed E-state index contributed by atoms with van der Waals surface area (Å²) in [6.07, 6.45) is 0. The Morgan fingerprint density at radius 2 is 2.00 bits per heavy atom. The second-order valence-corrected chi connectivity index (χ2v) is 4.94. The molecule has 1 aromatic carbocycles. The zero-order valence-corrected chi connectivity index (χ0v) is 11.9. The predicted molar refractivity (Wildman–Crippen MR) is 78.4 cm³/mol. The van der Waals surface area contributed by atoms with Gasteiger partial charge in [0.1, 0.15) is 0 Å². The van der Waals surface area contributed by atoms with Crippen LogP contribution in [-0.4, -0.2) is 4.57 Å². The Bertz CT molecular complexity index is 543. The molecule has 0 spiro atoms. The smallest absolute Gasteiger partial charge is 0.0426 e. The van der Waals surface area contributed by atoms with Crippen molar-refractivity contribution >= 4 is 17.3 Å². The number of hydrogen-bond donors (Lipinski definition) is 1. The Morgan fingerprint density at radius 3 is 2.61 bits per heavy atom. The fourth-order valence-corrected chi connectivity index (χ4v) is 2.52. The van der Waals surface area contributed by atoms with E-state index in [0.29, 0.717) is 0 Å². The average molecular weight is 263 g/mol. The quantitative estimate of drug-likeness (QED) is 0.865. The van der Waals surface area contributed by atoms with Crippen LogP contribution in [0.3, 0.4) is 0 Å². The summed E-state index contributed by atoms with van der Waals surface area (Å²) in [4.78, 5) is 0. The molecule has 0 fully saturated rings. The van der Waals surface area contributed by atoms with Gasteiger partial charge in [-0.2, -0.15) is 0 Å². The molecule has 0 amide bonds. The zero-order chi connectivity index (χ0) is 13.1. The number of hydrogen-bond acceptors (Lipinski definition) is 1. The highest BCUT2D eigenvalue weighted by Crippen LogP contribution is 2.19. The lowest BCUT2D eigenvalue weighted by molar-refractivity contribution is 0.715. The first-order chi connectivity index (χ1) is 8.61. The van der Waals surface area contributed by atoms with Gasteiger partial charge in [-0.25, -0.2) is 0 Å². The van der Waals surface area contributed by atoms with Crippen molar-refractivity contribution in [3.63, 3.8) is 0 Å². The molecule has 0 saturated carbocycles. The Balaban J connectivity index is 2.11. The first-order valence-electron chi connectivity index (χ1n) is 6.27. The number of anilines is 1. The summed E-state index contributed by atoms with van der Waals surface area (Å²) in [5.41, 5.74) is 5.06. The number of rotatable bonds is 4. The molecular weight excluding hydrogens is 244 g/mol. The third-order valence-corrected chi connectivity index (χ3v) is 3.54. The molecule has 0 aliphatic heterocycles. The molecule has 0 aliphatic rings. The van der Waals surface area contributed by atoms with E-state index in [1.807, 2.05) is 24.3 Å². The first kappa shape index (κ1) is 13.0. The van der Waals surface area contributed by atoms with Crippen molar-refractivity contribution in [1.29, 1.82) is 0 Å². The van der Waals surface area contributed by atoms with Crippen LogP contribution in [0.15, 0.2) is 30.3 Å². The second-order valence-electron chi connectivity index (χ2n) is 4.50. The van der Waals surface area contributed by atoms with Crippen LogP contribution in [0.4, 0.5) is 5.69 Å². The average Bonchev–Trinajstić information content (AvgIpc) is 2.61. The SMILES string of the molecule is CCn1c(C)cc(CNc2cccc(Cl)c2)c1C. The van der Waals surface area contributed by atoms with Gasteiger partial charge in [-0.3, -0.25) is 0 Å². The number of nitrogens with one attached hydrogen (secondary N) is 1. The molecule has 3 heteroatoms. The molecule has 0 radical (unpaired) electrons. The van der Waals surface area contributed by atoms with E-state index in [1.54, 1.807) is 0 Å². The molecule has 2 rings (SSSR count). The lowest BCUT2D eigenvalue weighted by atomic mass is 10.2. The molecule has 2 nitrogen and oxygen atoms in total. The van der Waals surface area contributed by atoms with E-state index in [9.17, 15) is 0 Å². The Kier molecular flexibility index (Phi) is 3.97. The molecule has 0 bridgehead atoms. The molecule has 1 aromatic heterocycles. The lowest BCUT2D eigenvalue weighted by Crippen LogP contribution is -2.03. The molecular formula is C15H19ClN2. The lowest BCUT2D eigenvalue weighted by Gasteiger charge is -2.08. The van der Waals surface area contributed by atoms with Gasteiger partial charge >= 0.3 is 0 Å². The van der Waals surface area contributed by atoms with Crippen LogP contribution in [0.1, 0.15) is 23.9 Å². The van der Waals surface area contributed by atoms with Gasteiger partial charge in [0, 0.05) is 35.2 Å². The van der Waals surface area contributed by atoms with Crippen molar-refractivity contribution in [3.05, 3.63) is 52.3 Å². The number of nitrogens with zero attached hydrogens (tertiary/aromatic N) is 1. The summed E-state index contributed by atoms with van der Waals surface area (Å²) in [7, 11) is 0. The highest BCUT2D eigenvalue weighted by molar-refractivity contribution is 6.30. The van der Waals surface area contributed by atoms with E-state index in [1.165, 1.54) is 17.0 Å². The van der Waals surface area contributed by atoms with Gasteiger partial charge in [0.25, 0.3) is 0 Å². The Hall–Kier alpha value is -1.41. The van der Waals surface area contributed by atoms with Gasteiger partial charge in [0.15, 0.2) is 0 Å². The van der Waals surface area contributed by atoms with Crippen molar-refractivity contribution < 1.29 is 0 Å². The highest BCUT2D eigenvalue weighted by Gasteiger charge is 2.07. The van der Waals surface area contributed by atoms with Crippen LogP contribution in [0.2, 0.25) is 5.02 Å². The van der Waals surface area contributed by atoms with Gasteiger partial charge in [0.2, 0.25) is 0 Å². The van der Waals surface area contributed by atoms with Crippen LogP contribution in [0, 0.1) is 13.8 Å².